The summed E-state index contributed by atoms with van der Waals surface area (Å²) in [4.78, 5) is 15.0. The van der Waals surface area contributed by atoms with Crippen molar-refractivity contribution in [2.45, 2.75) is 130 Å². The number of allylic oxidation sites excluding steroid dienone is 4. The summed E-state index contributed by atoms with van der Waals surface area (Å²) >= 11 is 0. The quantitative estimate of drug-likeness (QED) is 0.259. The van der Waals surface area contributed by atoms with Gasteiger partial charge in [0.15, 0.2) is 0 Å². The lowest BCUT2D eigenvalue weighted by atomic mass is 9.36. The van der Waals surface area contributed by atoms with Crippen LogP contribution in [0.4, 0.5) is 4.39 Å². The lowest BCUT2D eigenvalue weighted by Gasteiger charge is -2.68. The van der Waals surface area contributed by atoms with Gasteiger partial charge in [0.1, 0.15) is 6.04 Å². The summed E-state index contributed by atoms with van der Waals surface area (Å²) in [5.41, 5.74) is 4.25. The Bertz CT molecular complexity index is 1350. The number of ether oxygens (including phenoxy) is 1. The Morgan fingerprint density at radius 1 is 1.02 bits per heavy atom. The number of hydrogen-bond donors (Lipinski definition) is 1. The Hall–Kier alpha value is -1.05. The van der Waals surface area contributed by atoms with Crippen molar-refractivity contribution in [3.05, 3.63) is 23.3 Å². The molecule has 1 heterocycles. The standard InChI is InChI=1S/C42H67FN2O3S/c1-7-48-38(46)34-27-49(47)25-24-45(34)23-22-44-42-20-14-28(2)37(42)31-12-13-36-40(5,33(31)16-21-42)19-17-35-39(3,4)32(15-18-41(35,36)6)30-10-8-29(26-43)9-11-30/h10,15,28-29,31,33-37,44H,7-9,11-14,16-27H2,1-6H3/t28?,29?,31?,33?,34?,35?,36?,37?,40-,41?,42?,49?/m0/s1. The highest BCUT2D eigenvalue weighted by Gasteiger charge is 2.66. The van der Waals surface area contributed by atoms with Crippen LogP contribution in [0.1, 0.15) is 119 Å². The zero-order valence-corrected chi connectivity index (χ0v) is 32.5. The summed E-state index contributed by atoms with van der Waals surface area (Å²) in [6, 6.07) is -0.376. The summed E-state index contributed by atoms with van der Waals surface area (Å²) in [5.74, 6) is 5.62. The van der Waals surface area contributed by atoms with Gasteiger partial charge in [0.2, 0.25) is 0 Å². The zero-order valence-electron chi connectivity index (χ0n) is 31.7. The molecule has 1 saturated heterocycles. The van der Waals surface area contributed by atoms with Crippen molar-refractivity contribution in [1.82, 2.24) is 10.2 Å². The van der Waals surface area contributed by atoms with E-state index in [-0.39, 0.29) is 35.6 Å². The van der Waals surface area contributed by atoms with Crippen molar-refractivity contribution < 1.29 is 18.1 Å². The van der Waals surface area contributed by atoms with Crippen LogP contribution < -0.4 is 5.32 Å². The lowest BCUT2D eigenvalue weighted by Crippen LogP contribution is -2.64. The van der Waals surface area contributed by atoms with Gasteiger partial charge < -0.3 is 10.1 Å². The maximum Gasteiger partial charge on any atom is 0.324 e. The number of carbonyl (C=O) groups is 1. The van der Waals surface area contributed by atoms with E-state index in [0.717, 1.165) is 61.9 Å². The molecule has 0 radical (unpaired) electrons. The number of rotatable bonds is 8. The van der Waals surface area contributed by atoms with E-state index in [1.165, 1.54) is 63.4 Å². The zero-order chi connectivity index (χ0) is 34.8. The van der Waals surface area contributed by atoms with E-state index in [9.17, 15) is 13.4 Å². The first-order valence-corrected chi connectivity index (χ1v) is 21.8. The second-order valence-electron chi connectivity index (χ2n) is 18.8. The maximum absolute atomic E-state index is 13.4. The summed E-state index contributed by atoms with van der Waals surface area (Å²) in [6.07, 6.45) is 19.9. The summed E-state index contributed by atoms with van der Waals surface area (Å²) in [5, 5.41) is 4.20. The molecule has 0 spiro atoms. The van der Waals surface area contributed by atoms with Gasteiger partial charge >= 0.3 is 5.97 Å². The van der Waals surface area contributed by atoms with Gasteiger partial charge in [-0.1, -0.05) is 46.8 Å². The third-order valence-corrected chi connectivity index (χ3v) is 17.7. The first kappa shape index (κ1) is 36.3. The summed E-state index contributed by atoms with van der Waals surface area (Å²) in [6.45, 7) is 17.5. The molecule has 7 heteroatoms. The second-order valence-corrected chi connectivity index (χ2v) is 20.5. The van der Waals surface area contributed by atoms with Crippen molar-refractivity contribution in [2.75, 3.05) is 44.4 Å². The minimum Gasteiger partial charge on any atom is -0.465 e. The lowest BCUT2D eigenvalue weighted by molar-refractivity contribution is -0.178. The predicted octanol–water partition coefficient (Wildman–Crippen LogP) is 8.27. The van der Waals surface area contributed by atoms with E-state index >= 15 is 0 Å². The molecule has 1 N–H and O–H groups in total. The fourth-order valence-corrected chi connectivity index (χ4v) is 15.6. The van der Waals surface area contributed by atoms with Crippen LogP contribution in [-0.4, -0.2) is 71.1 Å². The van der Waals surface area contributed by atoms with Crippen LogP contribution in [0, 0.1) is 57.7 Å². The fourth-order valence-electron chi connectivity index (χ4n) is 14.3. The first-order chi connectivity index (χ1) is 23.4. The molecule has 276 valence electrons. The molecule has 11 unspecified atom stereocenters. The highest BCUT2D eigenvalue weighted by atomic mass is 32.2. The minimum absolute atomic E-state index is 0.168. The van der Waals surface area contributed by atoms with Crippen LogP contribution in [0.3, 0.4) is 0 Å². The van der Waals surface area contributed by atoms with Gasteiger partial charge in [-0.05, 0) is 153 Å². The fraction of sp³-hybridized carbons (Fsp3) is 0.881. The maximum atomic E-state index is 13.4. The van der Waals surface area contributed by atoms with Crippen molar-refractivity contribution >= 4 is 16.8 Å². The van der Waals surface area contributed by atoms with Gasteiger partial charge in [-0.2, -0.15) is 0 Å². The molecule has 7 aliphatic rings. The molecule has 0 bridgehead atoms. The van der Waals surface area contributed by atoms with Crippen molar-refractivity contribution in [3.63, 3.8) is 0 Å². The first-order valence-electron chi connectivity index (χ1n) is 20.3. The number of fused-ring (bicyclic) bond motifs is 7. The molecule has 7 rings (SSSR count). The molecule has 49 heavy (non-hydrogen) atoms. The molecular weight excluding hydrogens is 632 g/mol. The van der Waals surface area contributed by atoms with E-state index in [4.69, 9.17) is 4.74 Å². The van der Waals surface area contributed by atoms with Gasteiger partial charge in [0.05, 0.1) is 13.3 Å². The van der Waals surface area contributed by atoms with Crippen LogP contribution in [0.5, 0.6) is 0 Å². The van der Waals surface area contributed by atoms with Crippen LogP contribution in [0.25, 0.3) is 0 Å². The third kappa shape index (κ3) is 6.08. The average Bonchev–Trinajstić information content (AvgIpc) is 3.41. The number of hydrogen-bond acceptors (Lipinski definition) is 5. The average molecular weight is 699 g/mol. The monoisotopic (exact) mass is 698 g/mol. The van der Waals surface area contributed by atoms with E-state index in [1.807, 2.05) is 6.92 Å². The van der Waals surface area contributed by atoms with Crippen molar-refractivity contribution in [2.24, 2.45) is 57.7 Å². The minimum atomic E-state index is -0.943. The van der Waals surface area contributed by atoms with Gasteiger partial charge in [0, 0.05) is 47.5 Å². The molecule has 5 fully saturated rings. The van der Waals surface area contributed by atoms with Crippen LogP contribution >= 0.6 is 0 Å². The van der Waals surface area contributed by atoms with Gasteiger partial charge in [-0.25, -0.2) is 0 Å². The molecule has 1 aliphatic heterocycles. The molecule has 12 atom stereocenters. The Labute approximate surface area is 299 Å². The Morgan fingerprint density at radius 3 is 2.55 bits per heavy atom. The number of carbonyl (C=O) groups excluding carboxylic acids is 1. The van der Waals surface area contributed by atoms with Gasteiger partial charge in [-0.15, -0.1) is 0 Å². The molecule has 4 saturated carbocycles. The number of alkyl halides is 1. The molecule has 6 aliphatic carbocycles. The largest absolute Gasteiger partial charge is 0.465 e. The van der Waals surface area contributed by atoms with Gasteiger partial charge in [-0.3, -0.25) is 18.3 Å². The van der Waals surface area contributed by atoms with Crippen LogP contribution in [0.2, 0.25) is 0 Å². The SMILES string of the molecule is CCOC(=O)C1CS(=O)CCN1CCNC12CCC(C)C1C1CCC3C4(C)CC=C(C5=CCC(CF)CC5)C(C)(C)C4CC[C@@]3(C)C1CC2. The van der Waals surface area contributed by atoms with Crippen molar-refractivity contribution in [1.29, 1.82) is 0 Å². The summed E-state index contributed by atoms with van der Waals surface area (Å²) < 4.78 is 31.2. The smallest absolute Gasteiger partial charge is 0.324 e. The predicted molar refractivity (Wildman–Crippen MR) is 198 cm³/mol. The Morgan fingerprint density at radius 2 is 1.82 bits per heavy atom. The van der Waals surface area contributed by atoms with Gasteiger partial charge in [0.25, 0.3) is 0 Å². The van der Waals surface area contributed by atoms with Crippen LogP contribution in [-0.2, 0) is 20.3 Å². The highest BCUT2D eigenvalue weighted by Crippen LogP contribution is 2.72. The Balaban J connectivity index is 1.07. The van der Waals surface area contributed by atoms with E-state index < -0.39 is 10.8 Å². The van der Waals surface area contributed by atoms with E-state index in [1.54, 1.807) is 5.57 Å². The van der Waals surface area contributed by atoms with Crippen molar-refractivity contribution in [3.8, 4) is 0 Å². The number of nitrogens with zero attached hydrogens (tertiary/aromatic N) is 1. The van der Waals surface area contributed by atoms with E-state index in [0.29, 0.717) is 41.4 Å². The molecule has 0 aromatic heterocycles. The Kier molecular flexibility index (Phi) is 10.2. The molecular formula is C42H67FN2O3S. The summed E-state index contributed by atoms with van der Waals surface area (Å²) in [7, 11) is -0.943. The van der Waals surface area contributed by atoms with E-state index in [2.05, 4.69) is 57.0 Å². The molecule has 0 aromatic carbocycles. The second kappa shape index (κ2) is 13.7. The number of esters is 1. The number of nitrogens with one attached hydrogen (secondary N) is 1. The molecule has 0 amide bonds. The number of halogens is 1. The highest BCUT2D eigenvalue weighted by molar-refractivity contribution is 7.85. The normalized spacial score (nSPS) is 46.4. The molecule has 5 nitrogen and oxygen atoms in total. The van der Waals surface area contributed by atoms with Crippen LogP contribution in [0.15, 0.2) is 23.3 Å². The third-order valence-electron chi connectivity index (χ3n) is 16.4. The topological polar surface area (TPSA) is 58.6 Å². The molecule has 0 aromatic rings.